The van der Waals surface area contributed by atoms with E-state index in [-0.39, 0.29) is 10.6 Å². The quantitative estimate of drug-likeness (QED) is 0.467. The first-order chi connectivity index (χ1) is 9.95. The van der Waals surface area contributed by atoms with Crippen LogP contribution >= 0.6 is 15.9 Å². The highest BCUT2D eigenvalue weighted by Gasteiger charge is 2.24. The van der Waals surface area contributed by atoms with E-state index in [1.54, 1.807) is 6.07 Å². The minimum atomic E-state index is -0.371. The Morgan fingerprint density at radius 2 is 2.10 bits per heavy atom. The Morgan fingerprint density at radius 3 is 2.67 bits per heavy atom. The molecule has 0 atom stereocenters. The van der Waals surface area contributed by atoms with Crippen molar-refractivity contribution in [3.05, 3.63) is 39.7 Å². The van der Waals surface area contributed by atoms with Crippen LogP contribution in [0.2, 0.25) is 0 Å². The number of hydrogen-bond acceptors (Lipinski definition) is 4. The van der Waals surface area contributed by atoms with Gasteiger partial charge in [0.2, 0.25) is 0 Å². The molecule has 0 radical (unpaired) electrons. The van der Waals surface area contributed by atoms with E-state index in [1.807, 2.05) is 17.6 Å². The van der Waals surface area contributed by atoms with Crippen molar-refractivity contribution >= 4 is 21.6 Å². The van der Waals surface area contributed by atoms with Crippen LogP contribution in [-0.4, -0.2) is 19.7 Å². The minimum Gasteiger partial charge on any atom is -0.310 e. The third-order valence-corrected chi connectivity index (χ3v) is 3.67. The number of rotatable bonds is 5. The van der Waals surface area contributed by atoms with Gasteiger partial charge in [0.05, 0.1) is 15.8 Å². The van der Waals surface area contributed by atoms with Gasteiger partial charge in [0.15, 0.2) is 5.82 Å². The van der Waals surface area contributed by atoms with Crippen LogP contribution in [0.25, 0.3) is 11.4 Å². The van der Waals surface area contributed by atoms with Crippen molar-refractivity contribution in [3.8, 4) is 11.4 Å². The Bertz CT molecular complexity index is 667. The zero-order chi connectivity index (χ0) is 15.6. The molecule has 6 nitrogen and oxygen atoms in total. The second-order valence-electron chi connectivity index (χ2n) is 5.30. The largest absolute Gasteiger partial charge is 0.310 e. The van der Waals surface area contributed by atoms with Crippen LogP contribution < -0.4 is 0 Å². The van der Waals surface area contributed by atoms with Crippen LogP contribution in [0.15, 0.2) is 18.2 Å². The van der Waals surface area contributed by atoms with Crippen molar-refractivity contribution in [2.24, 2.45) is 5.92 Å². The maximum absolute atomic E-state index is 11.3. The molecular formula is C14H17BrN4O2. The first-order valence-corrected chi connectivity index (χ1v) is 7.80. The summed E-state index contributed by atoms with van der Waals surface area (Å²) in [6.45, 7) is 6.75. The van der Waals surface area contributed by atoms with Crippen LogP contribution in [0.5, 0.6) is 0 Å². The lowest BCUT2D eigenvalue weighted by molar-refractivity contribution is -0.384. The standard InChI is InChI=1S/C14H17BrN4O2/c1-9(2)8-18-12(7-15)16-17-14(18)13-10(3)5-4-6-11(13)19(20)21/h4-6,9H,7-8H2,1-3H3. The molecule has 0 bridgehead atoms. The van der Waals surface area contributed by atoms with Gasteiger partial charge >= 0.3 is 0 Å². The Labute approximate surface area is 131 Å². The zero-order valence-electron chi connectivity index (χ0n) is 12.2. The molecule has 1 heterocycles. The predicted molar refractivity (Wildman–Crippen MR) is 84.3 cm³/mol. The molecule has 21 heavy (non-hydrogen) atoms. The lowest BCUT2D eigenvalue weighted by atomic mass is 10.1. The summed E-state index contributed by atoms with van der Waals surface area (Å²) in [5.74, 6) is 1.72. The number of aromatic nitrogens is 3. The molecular weight excluding hydrogens is 336 g/mol. The van der Waals surface area contributed by atoms with Gasteiger partial charge in [0, 0.05) is 12.6 Å². The SMILES string of the molecule is Cc1cccc([N+](=O)[O-])c1-c1nnc(CBr)n1CC(C)C. The van der Waals surface area contributed by atoms with Crippen LogP contribution in [0, 0.1) is 23.0 Å². The van der Waals surface area contributed by atoms with Crippen LogP contribution in [0.4, 0.5) is 5.69 Å². The van der Waals surface area contributed by atoms with Gasteiger partial charge in [-0.05, 0) is 18.4 Å². The summed E-state index contributed by atoms with van der Waals surface area (Å²) >= 11 is 3.39. The van der Waals surface area contributed by atoms with Crippen molar-refractivity contribution < 1.29 is 4.92 Å². The minimum absolute atomic E-state index is 0.0635. The lowest BCUT2D eigenvalue weighted by Crippen LogP contribution is -2.10. The summed E-state index contributed by atoms with van der Waals surface area (Å²) in [6.07, 6.45) is 0. The van der Waals surface area contributed by atoms with E-state index in [0.29, 0.717) is 22.6 Å². The van der Waals surface area contributed by atoms with Crippen molar-refractivity contribution in [2.45, 2.75) is 32.6 Å². The number of alkyl halides is 1. The number of nitro groups is 1. The number of hydrogen-bond donors (Lipinski definition) is 0. The fourth-order valence-electron chi connectivity index (χ4n) is 2.27. The average molecular weight is 353 g/mol. The molecule has 0 saturated heterocycles. The number of nitrogens with zero attached hydrogens (tertiary/aromatic N) is 4. The van der Waals surface area contributed by atoms with Gasteiger partial charge < -0.3 is 4.57 Å². The van der Waals surface area contributed by atoms with Gasteiger partial charge in [-0.3, -0.25) is 10.1 Å². The Hall–Kier alpha value is -1.76. The molecule has 1 aromatic carbocycles. The summed E-state index contributed by atoms with van der Waals surface area (Å²) in [5.41, 5.74) is 1.43. The molecule has 0 N–H and O–H groups in total. The van der Waals surface area contributed by atoms with Gasteiger partial charge in [0.25, 0.3) is 5.69 Å². The Kier molecular flexibility index (Phi) is 4.72. The van der Waals surface area contributed by atoms with Crippen LogP contribution in [0.3, 0.4) is 0 Å². The van der Waals surface area contributed by atoms with E-state index in [0.717, 1.165) is 17.9 Å². The molecule has 0 aliphatic carbocycles. The second kappa shape index (κ2) is 6.34. The molecule has 7 heteroatoms. The summed E-state index contributed by atoms with van der Waals surface area (Å²) < 4.78 is 1.95. The molecule has 0 fully saturated rings. The number of benzene rings is 1. The van der Waals surface area contributed by atoms with E-state index >= 15 is 0 Å². The highest BCUT2D eigenvalue weighted by molar-refractivity contribution is 9.08. The zero-order valence-corrected chi connectivity index (χ0v) is 13.8. The van der Waals surface area contributed by atoms with E-state index in [9.17, 15) is 10.1 Å². The van der Waals surface area contributed by atoms with E-state index in [2.05, 4.69) is 40.0 Å². The highest BCUT2D eigenvalue weighted by Crippen LogP contribution is 2.32. The lowest BCUT2D eigenvalue weighted by Gasteiger charge is -2.13. The fraction of sp³-hybridized carbons (Fsp3) is 0.429. The van der Waals surface area contributed by atoms with E-state index in [1.165, 1.54) is 6.07 Å². The number of nitro benzene ring substituents is 1. The molecule has 1 aromatic heterocycles. The smallest absolute Gasteiger partial charge is 0.280 e. The monoisotopic (exact) mass is 352 g/mol. The molecule has 0 saturated carbocycles. The van der Waals surface area contributed by atoms with Gasteiger partial charge in [-0.1, -0.05) is 41.9 Å². The van der Waals surface area contributed by atoms with Crippen molar-refractivity contribution in [1.82, 2.24) is 14.8 Å². The van der Waals surface area contributed by atoms with Crippen molar-refractivity contribution in [2.75, 3.05) is 0 Å². The summed E-state index contributed by atoms with van der Waals surface area (Å²) in [5, 5.41) is 20.2. The summed E-state index contributed by atoms with van der Waals surface area (Å²) in [4.78, 5) is 10.9. The molecule has 0 aliphatic heterocycles. The first-order valence-electron chi connectivity index (χ1n) is 6.68. The molecule has 0 spiro atoms. The maximum atomic E-state index is 11.3. The van der Waals surface area contributed by atoms with Crippen molar-refractivity contribution in [1.29, 1.82) is 0 Å². The summed E-state index contributed by atoms with van der Waals surface area (Å²) in [7, 11) is 0. The molecule has 0 unspecified atom stereocenters. The third-order valence-electron chi connectivity index (χ3n) is 3.17. The topological polar surface area (TPSA) is 73.8 Å². The van der Waals surface area contributed by atoms with E-state index in [4.69, 9.17) is 0 Å². The Balaban J connectivity index is 2.67. The highest BCUT2D eigenvalue weighted by atomic mass is 79.9. The van der Waals surface area contributed by atoms with Gasteiger partial charge in [-0.25, -0.2) is 0 Å². The molecule has 2 rings (SSSR count). The van der Waals surface area contributed by atoms with Crippen molar-refractivity contribution in [3.63, 3.8) is 0 Å². The number of aryl methyl sites for hydroxylation is 1. The fourth-order valence-corrected chi connectivity index (χ4v) is 2.69. The predicted octanol–water partition coefficient (Wildman–Crippen LogP) is 3.71. The second-order valence-corrected chi connectivity index (χ2v) is 5.86. The van der Waals surface area contributed by atoms with Crippen LogP contribution in [0.1, 0.15) is 25.2 Å². The molecule has 0 amide bonds. The normalized spacial score (nSPS) is 11.1. The van der Waals surface area contributed by atoms with Crippen LogP contribution in [-0.2, 0) is 11.9 Å². The van der Waals surface area contributed by atoms with Gasteiger partial charge in [-0.2, -0.15) is 0 Å². The maximum Gasteiger partial charge on any atom is 0.280 e. The van der Waals surface area contributed by atoms with Gasteiger partial charge in [0.1, 0.15) is 5.82 Å². The molecule has 112 valence electrons. The third kappa shape index (κ3) is 3.12. The molecule has 2 aromatic rings. The molecule has 0 aliphatic rings. The first kappa shape index (κ1) is 15.6. The average Bonchev–Trinajstić information content (AvgIpc) is 2.80. The Morgan fingerprint density at radius 1 is 1.38 bits per heavy atom. The van der Waals surface area contributed by atoms with Gasteiger partial charge in [-0.15, -0.1) is 10.2 Å². The number of halogens is 1. The van der Waals surface area contributed by atoms with E-state index < -0.39 is 0 Å². The summed E-state index contributed by atoms with van der Waals surface area (Å²) in [6, 6.07) is 5.04.